The Morgan fingerprint density at radius 3 is 2.08 bits per heavy atom. The highest BCUT2D eigenvalue weighted by Crippen LogP contribution is 1.97. The Morgan fingerprint density at radius 2 is 1.83 bits per heavy atom. The zero-order valence-corrected chi connectivity index (χ0v) is 8.53. The van der Waals surface area contributed by atoms with Crippen molar-refractivity contribution in [2.45, 2.75) is 6.10 Å². The van der Waals surface area contributed by atoms with Crippen LogP contribution in [-0.4, -0.2) is 68.3 Å². The smallest absolute Gasteiger partial charge is 0.256 e. The Balaban J connectivity index is 4.05. The summed E-state index contributed by atoms with van der Waals surface area (Å²) in [5.41, 5.74) is 0. The van der Waals surface area contributed by atoms with Crippen molar-refractivity contribution in [2.75, 3.05) is 41.8 Å². The number of aliphatic hydroxyl groups is 1. The Morgan fingerprint density at radius 1 is 1.42 bits per heavy atom. The summed E-state index contributed by atoms with van der Waals surface area (Å²) < 4.78 is 0.584. The van der Waals surface area contributed by atoms with Gasteiger partial charge in [-0.25, -0.2) is 0 Å². The van der Waals surface area contributed by atoms with E-state index in [1.807, 2.05) is 21.1 Å². The number of nitrogens with zero attached hydrogens (tertiary/aromatic N) is 2. The molecule has 0 spiro atoms. The van der Waals surface area contributed by atoms with Crippen molar-refractivity contribution < 1.29 is 14.4 Å². The molecule has 0 fully saturated rings. The van der Waals surface area contributed by atoms with E-state index in [-0.39, 0.29) is 5.91 Å². The maximum atomic E-state index is 11.2. The number of rotatable bonds is 3. The first-order valence-corrected chi connectivity index (χ1v) is 3.94. The van der Waals surface area contributed by atoms with Crippen molar-refractivity contribution in [1.29, 1.82) is 0 Å². The third-order valence-corrected chi connectivity index (χ3v) is 1.45. The van der Waals surface area contributed by atoms with Gasteiger partial charge < -0.3 is 14.5 Å². The fourth-order valence-corrected chi connectivity index (χ4v) is 0.895. The van der Waals surface area contributed by atoms with Crippen LogP contribution in [0.15, 0.2) is 0 Å². The molecule has 0 bridgehead atoms. The first-order valence-electron chi connectivity index (χ1n) is 3.94. The highest BCUT2D eigenvalue weighted by molar-refractivity contribution is 5.80. The molecule has 1 atom stereocenters. The third-order valence-electron chi connectivity index (χ3n) is 1.45. The second kappa shape index (κ2) is 3.87. The molecule has 72 valence electrons. The van der Waals surface area contributed by atoms with Gasteiger partial charge in [0.05, 0.1) is 21.1 Å². The van der Waals surface area contributed by atoms with Crippen LogP contribution < -0.4 is 0 Å². The van der Waals surface area contributed by atoms with E-state index in [2.05, 4.69) is 0 Å². The number of aliphatic hydroxyl groups excluding tert-OH is 1. The van der Waals surface area contributed by atoms with Crippen molar-refractivity contribution in [2.24, 2.45) is 0 Å². The summed E-state index contributed by atoms with van der Waals surface area (Å²) in [6, 6.07) is 0. The van der Waals surface area contributed by atoms with Crippen LogP contribution in [0.3, 0.4) is 0 Å². The van der Waals surface area contributed by atoms with Crippen molar-refractivity contribution in [3.63, 3.8) is 0 Å². The predicted molar refractivity (Wildman–Crippen MR) is 47.6 cm³/mol. The number of amides is 1. The molecule has 0 aromatic carbocycles. The average Bonchev–Trinajstić information content (AvgIpc) is 1.82. The largest absolute Gasteiger partial charge is 0.378 e. The number of carbonyl (C=O) groups is 1. The van der Waals surface area contributed by atoms with Gasteiger partial charge in [0.1, 0.15) is 6.54 Å². The van der Waals surface area contributed by atoms with E-state index in [1.54, 1.807) is 14.1 Å². The standard InChI is InChI=1S/C8H19N2O2/c1-9(2)8(12)7(11)6-10(3,4)5/h7,11H,6H2,1-5H3/q+1. The molecular weight excluding hydrogens is 156 g/mol. The molecule has 0 aromatic heterocycles. The molecule has 12 heavy (non-hydrogen) atoms. The first kappa shape index (κ1) is 11.4. The lowest BCUT2D eigenvalue weighted by molar-refractivity contribution is -0.872. The molecule has 0 aliphatic rings. The van der Waals surface area contributed by atoms with Gasteiger partial charge in [-0.3, -0.25) is 4.79 Å². The Bertz CT molecular complexity index is 161. The molecule has 0 aliphatic carbocycles. The quantitative estimate of drug-likeness (QED) is 0.567. The molecular formula is C8H19N2O2+. The summed E-state index contributed by atoms with van der Waals surface area (Å²) in [5, 5.41) is 9.42. The van der Waals surface area contributed by atoms with Crippen LogP contribution >= 0.6 is 0 Å². The van der Waals surface area contributed by atoms with Crippen LogP contribution in [0, 0.1) is 0 Å². The molecule has 4 heteroatoms. The van der Waals surface area contributed by atoms with E-state index >= 15 is 0 Å². The number of quaternary nitrogens is 1. The zero-order valence-electron chi connectivity index (χ0n) is 8.53. The van der Waals surface area contributed by atoms with Gasteiger partial charge in [-0.05, 0) is 0 Å². The minimum atomic E-state index is -0.889. The maximum Gasteiger partial charge on any atom is 0.256 e. The van der Waals surface area contributed by atoms with E-state index in [1.165, 1.54) is 4.90 Å². The zero-order chi connectivity index (χ0) is 9.94. The molecule has 0 aromatic rings. The molecule has 1 N–H and O–H groups in total. The van der Waals surface area contributed by atoms with Gasteiger partial charge in [0.15, 0.2) is 6.10 Å². The van der Waals surface area contributed by atoms with E-state index in [4.69, 9.17) is 0 Å². The maximum absolute atomic E-state index is 11.2. The lowest BCUT2D eigenvalue weighted by Crippen LogP contribution is -2.47. The van der Waals surface area contributed by atoms with Gasteiger partial charge in [0.2, 0.25) is 0 Å². The van der Waals surface area contributed by atoms with Crippen LogP contribution in [0.5, 0.6) is 0 Å². The predicted octanol–water partition coefficient (Wildman–Crippen LogP) is -0.858. The molecule has 1 unspecified atom stereocenters. The summed E-state index contributed by atoms with van der Waals surface area (Å²) in [4.78, 5) is 12.6. The van der Waals surface area contributed by atoms with Crippen LogP contribution in [0.25, 0.3) is 0 Å². The molecule has 0 saturated carbocycles. The lowest BCUT2D eigenvalue weighted by Gasteiger charge is -2.27. The summed E-state index contributed by atoms with van der Waals surface area (Å²) in [6.07, 6.45) is -0.889. The van der Waals surface area contributed by atoms with E-state index < -0.39 is 6.10 Å². The minimum absolute atomic E-state index is 0.233. The minimum Gasteiger partial charge on any atom is -0.378 e. The van der Waals surface area contributed by atoms with Gasteiger partial charge in [-0.15, -0.1) is 0 Å². The second-order valence-corrected chi connectivity index (χ2v) is 4.22. The van der Waals surface area contributed by atoms with Gasteiger partial charge in [-0.2, -0.15) is 0 Å². The molecule has 1 amide bonds. The van der Waals surface area contributed by atoms with Gasteiger partial charge in [0.25, 0.3) is 5.91 Å². The molecule has 0 saturated heterocycles. The Kier molecular flexibility index (Phi) is 3.67. The topological polar surface area (TPSA) is 40.5 Å². The molecule has 0 aliphatic heterocycles. The third kappa shape index (κ3) is 4.31. The van der Waals surface area contributed by atoms with Gasteiger partial charge >= 0.3 is 0 Å². The first-order chi connectivity index (χ1) is 5.24. The van der Waals surface area contributed by atoms with Crippen molar-refractivity contribution in [3.05, 3.63) is 0 Å². The highest BCUT2D eigenvalue weighted by Gasteiger charge is 2.23. The number of hydrogen-bond donors (Lipinski definition) is 1. The van der Waals surface area contributed by atoms with Crippen LogP contribution in [0.2, 0.25) is 0 Å². The van der Waals surface area contributed by atoms with Gasteiger partial charge in [0, 0.05) is 14.1 Å². The summed E-state index contributed by atoms with van der Waals surface area (Å²) >= 11 is 0. The van der Waals surface area contributed by atoms with Crippen LogP contribution in [-0.2, 0) is 4.79 Å². The molecule has 0 radical (unpaired) electrons. The van der Waals surface area contributed by atoms with E-state index in [0.717, 1.165) is 0 Å². The molecule has 0 rings (SSSR count). The number of likely N-dealkylation sites (N-methyl/N-ethyl adjacent to an activating group) is 2. The normalized spacial score (nSPS) is 14.2. The van der Waals surface area contributed by atoms with Crippen LogP contribution in [0.1, 0.15) is 0 Å². The van der Waals surface area contributed by atoms with Crippen molar-refractivity contribution in [3.8, 4) is 0 Å². The SMILES string of the molecule is CN(C)C(=O)C(O)C[N+](C)(C)C. The highest BCUT2D eigenvalue weighted by atomic mass is 16.3. The fourth-order valence-electron chi connectivity index (χ4n) is 0.895. The second-order valence-electron chi connectivity index (χ2n) is 4.22. The fraction of sp³-hybridized carbons (Fsp3) is 0.875. The molecule has 4 nitrogen and oxygen atoms in total. The summed E-state index contributed by atoms with van der Waals surface area (Å²) in [6.45, 7) is 0.441. The van der Waals surface area contributed by atoms with E-state index in [0.29, 0.717) is 11.0 Å². The van der Waals surface area contributed by atoms with Crippen LogP contribution in [0.4, 0.5) is 0 Å². The number of hydrogen-bond acceptors (Lipinski definition) is 2. The van der Waals surface area contributed by atoms with Gasteiger partial charge in [-0.1, -0.05) is 0 Å². The van der Waals surface area contributed by atoms with Crippen molar-refractivity contribution >= 4 is 5.91 Å². The average molecular weight is 175 g/mol. The Hall–Kier alpha value is -0.610. The van der Waals surface area contributed by atoms with E-state index in [9.17, 15) is 9.90 Å². The summed E-state index contributed by atoms with van der Waals surface area (Å²) in [7, 11) is 9.09. The lowest BCUT2D eigenvalue weighted by atomic mass is 10.3. The monoisotopic (exact) mass is 175 g/mol. The molecule has 0 heterocycles. The van der Waals surface area contributed by atoms with Crippen molar-refractivity contribution in [1.82, 2.24) is 4.90 Å². The Labute approximate surface area is 74.0 Å². The summed E-state index contributed by atoms with van der Waals surface area (Å²) in [5.74, 6) is -0.233. The number of carbonyl (C=O) groups excluding carboxylic acids is 1.